The van der Waals surface area contributed by atoms with Gasteiger partial charge in [-0.05, 0) is 42.3 Å². The second-order valence-corrected chi connectivity index (χ2v) is 7.89. The molecule has 0 radical (unpaired) electrons. The Balaban J connectivity index is 1.41. The summed E-state index contributed by atoms with van der Waals surface area (Å²) in [6.45, 7) is -0.380. The molecule has 1 saturated heterocycles. The summed E-state index contributed by atoms with van der Waals surface area (Å²) in [5, 5.41) is 15.1. The van der Waals surface area contributed by atoms with Gasteiger partial charge in [0.15, 0.2) is 0 Å². The molecule has 168 valence electrons. The number of anilines is 2. The molecular weight excluding hydrogens is 448 g/mol. The van der Waals surface area contributed by atoms with Gasteiger partial charge < -0.3 is 25.4 Å². The van der Waals surface area contributed by atoms with Crippen molar-refractivity contribution in [2.24, 2.45) is 0 Å². The molecule has 8 nitrogen and oxygen atoms in total. The number of benzene rings is 2. The van der Waals surface area contributed by atoms with Crippen molar-refractivity contribution in [3.8, 4) is 0 Å². The van der Waals surface area contributed by atoms with E-state index in [4.69, 9.17) is 16.3 Å². The molecular formula is C21H18ClF2N3O5. The number of alkyl carbamates (subject to hydrolysis) is 1. The lowest BCUT2D eigenvalue weighted by atomic mass is 10.0. The zero-order valence-corrected chi connectivity index (χ0v) is 17.3. The summed E-state index contributed by atoms with van der Waals surface area (Å²) in [6, 6.07) is 6.66. The smallest absolute Gasteiger partial charge is 0.407 e. The van der Waals surface area contributed by atoms with E-state index in [0.29, 0.717) is 24.2 Å². The van der Waals surface area contributed by atoms with E-state index in [0.717, 1.165) is 17.7 Å². The molecule has 4 rings (SSSR count). The van der Waals surface area contributed by atoms with Gasteiger partial charge in [-0.1, -0.05) is 11.6 Å². The number of carbonyl (C=O) groups excluding carboxylic acids is 3. The number of aryl methyl sites for hydroxylation is 1. The van der Waals surface area contributed by atoms with Crippen LogP contribution >= 0.6 is 11.6 Å². The first-order chi connectivity index (χ1) is 15.2. The number of carbonyl (C=O) groups is 3. The fourth-order valence-electron chi connectivity index (χ4n) is 3.66. The molecule has 0 aromatic heterocycles. The third-order valence-corrected chi connectivity index (χ3v) is 5.58. The number of nitrogens with zero attached hydrogens (tertiary/aromatic N) is 1. The molecule has 2 heterocycles. The predicted octanol–water partition coefficient (Wildman–Crippen LogP) is 2.85. The molecule has 32 heavy (non-hydrogen) atoms. The van der Waals surface area contributed by atoms with Crippen molar-refractivity contribution in [1.82, 2.24) is 5.32 Å². The van der Waals surface area contributed by atoms with Gasteiger partial charge in [-0.2, -0.15) is 0 Å². The topological polar surface area (TPSA) is 108 Å². The number of halogens is 3. The van der Waals surface area contributed by atoms with Crippen LogP contribution in [-0.4, -0.2) is 35.3 Å². The molecule has 3 amide bonds. The molecule has 0 bridgehead atoms. The zero-order valence-electron chi connectivity index (χ0n) is 16.6. The Labute approximate surface area is 186 Å². The fraction of sp³-hybridized carbons (Fsp3) is 0.286. The van der Waals surface area contributed by atoms with E-state index >= 15 is 0 Å². The van der Waals surface area contributed by atoms with Crippen molar-refractivity contribution in [3.63, 3.8) is 0 Å². The van der Waals surface area contributed by atoms with E-state index < -0.39 is 41.0 Å². The molecule has 2 aromatic carbocycles. The molecule has 2 aliphatic rings. The second kappa shape index (κ2) is 8.36. The zero-order chi connectivity index (χ0) is 23.0. The van der Waals surface area contributed by atoms with Crippen LogP contribution in [0.15, 0.2) is 30.3 Å². The van der Waals surface area contributed by atoms with Crippen LogP contribution in [0.25, 0.3) is 0 Å². The second-order valence-electron chi connectivity index (χ2n) is 7.48. The molecule has 2 aromatic rings. The SMILES string of the molecule is O=C1CCc2cc(N3CC[C@](O)(OC(=O)NCc4cc(F)cc(Cl)c4F)C3=O)ccc2N1. The molecule has 11 heteroatoms. The molecule has 2 aliphatic heterocycles. The van der Waals surface area contributed by atoms with Gasteiger partial charge in [0, 0.05) is 42.9 Å². The van der Waals surface area contributed by atoms with Gasteiger partial charge in [0.05, 0.1) is 5.02 Å². The average Bonchev–Trinajstić information content (AvgIpc) is 3.03. The van der Waals surface area contributed by atoms with Crippen LogP contribution in [0.2, 0.25) is 5.02 Å². The number of nitrogens with one attached hydrogen (secondary N) is 2. The molecule has 0 spiro atoms. The first kappa shape index (κ1) is 22.0. The lowest BCUT2D eigenvalue weighted by molar-refractivity contribution is -0.175. The molecule has 0 unspecified atom stereocenters. The average molecular weight is 466 g/mol. The van der Waals surface area contributed by atoms with Crippen LogP contribution in [-0.2, 0) is 27.3 Å². The van der Waals surface area contributed by atoms with Gasteiger partial charge in [0.2, 0.25) is 5.91 Å². The predicted molar refractivity (Wildman–Crippen MR) is 110 cm³/mol. The quantitative estimate of drug-likeness (QED) is 0.475. The lowest BCUT2D eigenvalue weighted by Gasteiger charge is -2.24. The maximum absolute atomic E-state index is 13.9. The monoisotopic (exact) mass is 465 g/mol. The van der Waals surface area contributed by atoms with Crippen LogP contribution in [0.3, 0.4) is 0 Å². The number of rotatable bonds is 4. The number of amides is 3. The van der Waals surface area contributed by atoms with Gasteiger partial charge in [0.1, 0.15) is 11.6 Å². The molecule has 3 N–H and O–H groups in total. The summed E-state index contributed by atoms with van der Waals surface area (Å²) in [4.78, 5) is 37.7. The Morgan fingerprint density at radius 1 is 1.25 bits per heavy atom. The lowest BCUT2D eigenvalue weighted by Crippen LogP contribution is -2.46. The summed E-state index contributed by atoms with van der Waals surface area (Å²) < 4.78 is 32.2. The van der Waals surface area contributed by atoms with E-state index in [2.05, 4.69) is 10.6 Å². The van der Waals surface area contributed by atoms with Gasteiger partial charge in [-0.25, -0.2) is 13.6 Å². The standard InChI is InChI=1S/C21H18ClF2N3O5/c22-15-9-13(23)7-12(18(15)24)10-25-20(30)32-21(31)5-6-27(19(21)29)14-2-3-16-11(8-14)1-4-17(28)26-16/h2-3,7-9,31H,1,4-6,10H2,(H,25,30)(H,26,28)/t21-/m0/s1. The van der Waals surface area contributed by atoms with Crippen LogP contribution < -0.4 is 15.5 Å². The van der Waals surface area contributed by atoms with Gasteiger partial charge in [-0.15, -0.1) is 0 Å². The minimum atomic E-state index is -2.41. The van der Waals surface area contributed by atoms with Gasteiger partial charge in [0.25, 0.3) is 11.7 Å². The number of fused-ring (bicyclic) bond motifs is 1. The third kappa shape index (κ3) is 4.23. The number of ether oxygens (including phenoxy) is 1. The van der Waals surface area contributed by atoms with Crippen molar-refractivity contribution < 1.29 is 33.0 Å². The Bertz CT molecular complexity index is 1130. The Hall–Kier alpha value is -3.24. The van der Waals surface area contributed by atoms with Crippen LogP contribution in [0.1, 0.15) is 24.0 Å². The Morgan fingerprint density at radius 3 is 2.81 bits per heavy atom. The van der Waals surface area contributed by atoms with Crippen molar-refractivity contribution in [2.45, 2.75) is 31.6 Å². The highest BCUT2D eigenvalue weighted by Crippen LogP contribution is 2.33. The summed E-state index contributed by atoms with van der Waals surface area (Å²) in [7, 11) is 0. The highest BCUT2D eigenvalue weighted by Gasteiger charge is 2.49. The molecule has 0 saturated carbocycles. The highest BCUT2D eigenvalue weighted by atomic mass is 35.5. The first-order valence-corrected chi connectivity index (χ1v) is 10.1. The summed E-state index contributed by atoms with van der Waals surface area (Å²) in [6.07, 6.45) is -0.529. The fourth-order valence-corrected chi connectivity index (χ4v) is 3.88. The summed E-state index contributed by atoms with van der Waals surface area (Å²) in [5.41, 5.74) is 1.77. The normalized spacial score (nSPS) is 20.1. The highest BCUT2D eigenvalue weighted by molar-refractivity contribution is 6.30. The van der Waals surface area contributed by atoms with Crippen LogP contribution in [0.4, 0.5) is 25.0 Å². The van der Waals surface area contributed by atoms with Crippen molar-refractivity contribution in [2.75, 3.05) is 16.8 Å². The van der Waals surface area contributed by atoms with E-state index in [1.165, 1.54) is 4.90 Å². The first-order valence-electron chi connectivity index (χ1n) is 9.74. The van der Waals surface area contributed by atoms with Crippen molar-refractivity contribution in [1.29, 1.82) is 0 Å². The molecule has 0 aliphatic carbocycles. The Morgan fingerprint density at radius 2 is 2.03 bits per heavy atom. The van der Waals surface area contributed by atoms with E-state index in [1.54, 1.807) is 18.2 Å². The minimum absolute atomic E-state index is 0.0852. The van der Waals surface area contributed by atoms with Crippen LogP contribution in [0, 0.1) is 11.6 Å². The third-order valence-electron chi connectivity index (χ3n) is 5.30. The molecule has 1 fully saturated rings. The maximum Gasteiger partial charge on any atom is 0.410 e. The van der Waals surface area contributed by atoms with E-state index in [9.17, 15) is 28.3 Å². The van der Waals surface area contributed by atoms with Crippen molar-refractivity contribution >= 4 is 40.9 Å². The Kier molecular flexibility index (Phi) is 5.74. The number of aliphatic hydroxyl groups is 1. The summed E-state index contributed by atoms with van der Waals surface area (Å²) in [5.74, 6) is -5.03. The van der Waals surface area contributed by atoms with Crippen molar-refractivity contribution in [3.05, 3.63) is 58.1 Å². The van der Waals surface area contributed by atoms with Gasteiger partial charge in [-0.3, -0.25) is 9.59 Å². The minimum Gasteiger partial charge on any atom is -0.407 e. The number of hydrogen-bond acceptors (Lipinski definition) is 5. The van der Waals surface area contributed by atoms with Gasteiger partial charge >= 0.3 is 6.09 Å². The number of hydrogen-bond donors (Lipinski definition) is 3. The van der Waals surface area contributed by atoms with E-state index in [-0.39, 0.29) is 24.4 Å². The van der Waals surface area contributed by atoms with E-state index in [1.807, 2.05) is 0 Å². The summed E-state index contributed by atoms with van der Waals surface area (Å²) >= 11 is 5.57. The largest absolute Gasteiger partial charge is 0.410 e. The maximum atomic E-state index is 13.9. The van der Waals surface area contributed by atoms with Crippen LogP contribution in [0.5, 0.6) is 0 Å². The molecule has 1 atom stereocenters.